The Morgan fingerprint density at radius 2 is 1.83 bits per heavy atom. The fourth-order valence-electron chi connectivity index (χ4n) is 5.37. The first kappa shape index (κ1) is 22.7. The van der Waals surface area contributed by atoms with E-state index in [1.165, 1.54) is 30.9 Å². The van der Waals surface area contributed by atoms with Gasteiger partial charge in [0, 0.05) is 30.6 Å². The summed E-state index contributed by atoms with van der Waals surface area (Å²) in [6.07, 6.45) is 0.0421. The van der Waals surface area contributed by atoms with Crippen molar-refractivity contribution in [1.29, 1.82) is 0 Å². The molecule has 0 bridgehead atoms. The lowest BCUT2D eigenvalue weighted by Gasteiger charge is -2.18. The Kier molecular flexibility index (Phi) is 5.47. The second-order valence-electron chi connectivity index (χ2n) is 10.1. The highest BCUT2D eigenvalue weighted by atomic mass is 32.2. The molecule has 4 nitrogen and oxygen atoms in total. The van der Waals surface area contributed by atoms with E-state index in [-0.39, 0.29) is 5.69 Å². The molecule has 35 heavy (non-hydrogen) atoms. The van der Waals surface area contributed by atoms with Crippen LogP contribution in [0.1, 0.15) is 49.7 Å². The number of benzene rings is 1. The molecule has 1 spiro atoms. The summed E-state index contributed by atoms with van der Waals surface area (Å²) in [5.41, 5.74) is 1.25. The van der Waals surface area contributed by atoms with Crippen LogP contribution in [0.4, 0.5) is 24.8 Å². The summed E-state index contributed by atoms with van der Waals surface area (Å²) in [6.45, 7) is 4.39. The molecule has 0 radical (unpaired) electrons. The Labute approximate surface area is 207 Å². The molecule has 2 saturated carbocycles. The smallest absolute Gasteiger partial charge is 0.356 e. The second-order valence-corrected chi connectivity index (χ2v) is 11.0. The predicted molar refractivity (Wildman–Crippen MR) is 133 cm³/mol. The molecule has 8 heteroatoms. The standard InChI is InChI=1S/C27H27F3N4S/c1-17-15-26(17)13-14-34(16-26)23-7-4-8-24(32-23)35-33-22-12-11-21(27(28,29)30)25(31-22)20-6-3-2-5-19(20)18-9-10-18/h2-8,11-12,17-18H,9-10,13-16H2,1H3,(H,31,33). The van der Waals surface area contributed by atoms with Crippen molar-refractivity contribution >= 4 is 23.6 Å². The molecule has 182 valence electrons. The minimum atomic E-state index is -4.48. The number of hydrogen-bond donors (Lipinski definition) is 1. The van der Waals surface area contributed by atoms with Crippen LogP contribution >= 0.6 is 11.9 Å². The van der Waals surface area contributed by atoms with Crippen molar-refractivity contribution in [2.24, 2.45) is 11.3 Å². The fourth-order valence-corrected chi connectivity index (χ4v) is 5.97. The summed E-state index contributed by atoms with van der Waals surface area (Å²) in [5, 5.41) is 0.758. The molecule has 3 fully saturated rings. The molecule has 3 aromatic rings. The molecular weight excluding hydrogens is 469 g/mol. The summed E-state index contributed by atoms with van der Waals surface area (Å²) in [5.74, 6) is 2.43. The van der Waals surface area contributed by atoms with E-state index in [1.54, 1.807) is 12.1 Å². The van der Waals surface area contributed by atoms with Gasteiger partial charge in [0.25, 0.3) is 0 Å². The van der Waals surface area contributed by atoms with Crippen LogP contribution < -0.4 is 9.62 Å². The molecule has 3 aliphatic rings. The van der Waals surface area contributed by atoms with Crippen molar-refractivity contribution in [3.8, 4) is 11.3 Å². The fraction of sp³-hybridized carbons (Fsp3) is 0.407. The number of pyridine rings is 2. The first-order valence-corrected chi connectivity index (χ1v) is 13.0. The molecular formula is C27H27F3N4S. The Morgan fingerprint density at radius 3 is 2.54 bits per heavy atom. The van der Waals surface area contributed by atoms with Gasteiger partial charge in [-0.15, -0.1) is 0 Å². The lowest BCUT2D eigenvalue weighted by atomic mass is 9.97. The van der Waals surface area contributed by atoms with Crippen LogP contribution in [0.15, 0.2) is 59.6 Å². The molecule has 3 heterocycles. The van der Waals surface area contributed by atoms with E-state index >= 15 is 0 Å². The second kappa shape index (κ2) is 8.43. The zero-order valence-corrected chi connectivity index (χ0v) is 20.3. The van der Waals surface area contributed by atoms with Crippen molar-refractivity contribution in [1.82, 2.24) is 9.97 Å². The maximum Gasteiger partial charge on any atom is 0.418 e. The van der Waals surface area contributed by atoms with Crippen LogP contribution in [0.25, 0.3) is 11.3 Å². The average Bonchev–Trinajstić information content (AvgIpc) is 3.75. The van der Waals surface area contributed by atoms with Gasteiger partial charge < -0.3 is 9.62 Å². The number of aromatic nitrogens is 2. The van der Waals surface area contributed by atoms with Crippen LogP contribution in [0.5, 0.6) is 0 Å². The number of rotatable bonds is 6. The van der Waals surface area contributed by atoms with Gasteiger partial charge in [-0.3, -0.25) is 0 Å². The molecule has 2 atom stereocenters. The summed E-state index contributed by atoms with van der Waals surface area (Å²) < 4.78 is 44.7. The van der Waals surface area contributed by atoms with E-state index in [0.29, 0.717) is 22.7 Å². The first-order chi connectivity index (χ1) is 16.8. The van der Waals surface area contributed by atoms with E-state index in [0.717, 1.165) is 54.3 Å². The van der Waals surface area contributed by atoms with E-state index in [4.69, 9.17) is 4.98 Å². The van der Waals surface area contributed by atoms with Crippen LogP contribution in [-0.2, 0) is 6.18 Å². The molecule has 1 saturated heterocycles. The number of hydrogen-bond acceptors (Lipinski definition) is 5. The van der Waals surface area contributed by atoms with Gasteiger partial charge in [0.1, 0.15) is 16.7 Å². The highest BCUT2D eigenvalue weighted by Gasteiger charge is 2.54. The number of anilines is 2. The van der Waals surface area contributed by atoms with Crippen LogP contribution in [0, 0.1) is 11.3 Å². The van der Waals surface area contributed by atoms with E-state index in [9.17, 15) is 13.2 Å². The SMILES string of the molecule is CC1CC12CCN(c1cccc(SNc3ccc(C(F)(F)F)c(-c4ccccc4C4CC4)n3)n1)C2. The van der Waals surface area contributed by atoms with Gasteiger partial charge >= 0.3 is 6.18 Å². The van der Waals surface area contributed by atoms with Crippen LogP contribution in [0.3, 0.4) is 0 Å². The lowest BCUT2D eigenvalue weighted by Crippen LogP contribution is -2.21. The van der Waals surface area contributed by atoms with Crippen molar-refractivity contribution in [3.63, 3.8) is 0 Å². The van der Waals surface area contributed by atoms with Crippen molar-refractivity contribution < 1.29 is 13.2 Å². The van der Waals surface area contributed by atoms with Crippen molar-refractivity contribution in [2.75, 3.05) is 22.7 Å². The Bertz CT molecular complexity index is 1260. The average molecular weight is 497 g/mol. The zero-order chi connectivity index (χ0) is 24.2. The van der Waals surface area contributed by atoms with Gasteiger partial charge in [0.2, 0.25) is 0 Å². The highest BCUT2D eigenvalue weighted by Crippen LogP contribution is 2.58. The van der Waals surface area contributed by atoms with E-state index in [1.807, 2.05) is 30.3 Å². The Hall–Kier alpha value is -2.74. The third-order valence-corrected chi connectivity index (χ3v) is 8.46. The third-order valence-electron chi connectivity index (χ3n) is 7.71. The molecule has 2 aliphatic carbocycles. The Balaban J connectivity index is 1.24. The minimum Gasteiger partial charge on any atom is -0.356 e. The topological polar surface area (TPSA) is 41.0 Å². The molecule has 6 rings (SSSR count). The number of alkyl halides is 3. The third kappa shape index (κ3) is 4.48. The van der Waals surface area contributed by atoms with Gasteiger partial charge in [0.05, 0.1) is 11.3 Å². The van der Waals surface area contributed by atoms with E-state index < -0.39 is 11.7 Å². The van der Waals surface area contributed by atoms with Crippen LogP contribution in [-0.4, -0.2) is 23.1 Å². The molecule has 1 aromatic carbocycles. The minimum absolute atomic E-state index is 0.0202. The number of nitrogens with zero attached hydrogens (tertiary/aromatic N) is 3. The van der Waals surface area contributed by atoms with Crippen LogP contribution in [0.2, 0.25) is 0 Å². The van der Waals surface area contributed by atoms with Crippen molar-refractivity contribution in [2.45, 2.75) is 49.7 Å². The van der Waals surface area contributed by atoms with Crippen molar-refractivity contribution in [3.05, 3.63) is 65.7 Å². The first-order valence-electron chi connectivity index (χ1n) is 12.1. The van der Waals surface area contributed by atoms with E-state index in [2.05, 4.69) is 21.5 Å². The molecule has 0 amide bonds. The molecule has 1 aliphatic heterocycles. The summed E-state index contributed by atoms with van der Waals surface area (Å²) in [7, 11) is 0. The maximum atomic E-state index is 13.9. The number of nitrogens with one attached hydrogen (secondary N) is 1. The zero-order valence-electron chi connectivity index (χ0n) is 19.5. The predicted octanol–water partition coefficient (Wildman–Crippen LogP) is 7.40. The van der Waals surface area contributed by atoms with Gasteiger partial charge in [-0.05, 0) is 72.8 Å². The van der Waals surface area contributed by atoms with Gasteiger partial charge in [-0.25, -0.2) is 9.97 Å². The quantitative estimate of drug-likeness (QED) is 0.360. The normalized spacial score (nSPS) is 23.7. The monoisotopic (exact) mass is 496 g/mol. The molecule has 2 aromatic heterocycles. The van der Waals surface area contributed by atoms with Gasteiger partial charge in [-0.1, -0.05) is 37.3 Å². The number of halogens is 3. The summed E-state index contributed by atoms with van der Waals surface area (Å²) >= 11 is 1.27. The Morgan fingerprint density at radius 1 is 1.03 bits per heavy atom. The van der Waals surface area contributed by atoms with Gasteiger partial charge in [-0.2, -0.15) is 13.2 Å². The lowest BCUT2D eigenvalue weighted by molar-refractivity contribution is -0.137. The summed E-state index contributed by atoms with van der Waals surface area (Å²) in [4.78, 5) is 11.6. The maximum absolute atomic E-state index is 13.9. The highest BCUT2D eigenvalue weighted by molar-refractivity contribution is 8.00. The largest absolute Gasteiger partial charge is 0.418 e. The summed E-state index contributed by atoms with van der Waals surface area (Å²) in [6, 6.07) is 15.7. The van der Waals surface area contributed by atoms with Gasteiger partial charge in [0.15, 0.2) is 0 Å². The molecule has 2 unspecified atom stereocenters. The molecule has 1 N–H and O–H groups in total.